The molecule has 0 aromatic heterocycles. The van der Waals surface area contributed by atoms with Gasteiger partial charge >= 0.3 is 5.97 Å². The number of unbranched alkanes of at least 4 members (excludes halogenated alkanes) is 3. The Balaban J connectivity index is 2.26. The van der Waals surface area contributed by atoms with Crippen molar-refractivity contribution in [2.75, 3.05) is 26.0 Å². The van der Waals surface area contributed by atoms with Gasteiger partial charge in [-0.2, -0.15) is 0 Å². The van der Waals surface area contributed by atoms with Gasteiger partial charge in [-0.25, -0.2) is 17.1 Å². The van der Waals surface area contributed by atoms with Gasteiger partial charge in [-0.15, -0.1) is 0 Å². The van der Waals surface area contributed by atoms with Crippen molar-refractivity contribution in [3.63, 3.8) is 0 Å². The average molecular weight is 420 g/mol. The minimum Gasteiger partial charge on any atom is -0.491 e. The molecule has 160 valence electrons. The molecule has 2 N–H and O–H groups in total. The van der Waals surface area contributed by atoms with E-state index >= 15 is 0 Å². The topological polar surface area (TPSA) is 104 Å². The van der Waals surface area contributed by atoms with Crippen LogP contribution in [0.25, 0.3) is 0 Å². The van der Waals surface area contributed by atoms with Crippen molar-refractivity contribution in [3.8, 4) is 5.75 Å². The Morgan fingerprint density at radius 1 is 1.11 bits per heavy atom. The summed E-state index contributed by atoms with van der Waals surface area (Å²) in [7, 11) is -3.34. The fraction of sp³-hybridized carbons (Fsp3) is 0.632. The molecule has 1 aromatic carbocycles. The molecule has 0 radical (unpaired) electrons. The van der Waals surface area contributed by atoms with Gasteiger partial charge < -0.3 is 14.9 Å². The summed E-state index contributed by atoms with van der Waals surface area (Å²) in [4.78, 5) is 10.5. The highest BCUT2D eigenvalue weighted by Gasteiger charge is 2.16. The third kappa shape index (κ3) is 11.2. The summed E-state index contributed by atoms with van der Waals surface area (Å²) in [6.45, 7) is 0.740. The van der Waals surface area contributed by atoms with Gasteiger partial charge in [0.25, 0.3) is 0 Å². The van der Waals surface area contributed by atoms with E-state index < -0.39 is 22.1 Å². The summed E-state index contributed by atoms with van der Waals surface area (Å²) in [5.41, 5.74) is 0. The molecule has 7 nitrogen and oxygen atoms in total. The predicted molar refractivity (Wildman–Crippen MR) is 104 cm³/mol. The van der Waals surface area contributed by atoms with Crippen LogP contribution in [0.15, 0.2) is 24.3 Å². The fourth-order valence-corrected chi connectivity index (χ4v) is 3.59. The molecule has 0 saturated carbocycles. The second kappa shape index (κ2) is 12.7. The van der Waals surface area contributed by atoms with Crippen molar-refractivity contribution >= 4 is 16.0 Å². The molecule has 0 saturated heterocycles. The Hall–Kier alpha value is -1.71. The van der Waals surface area contributed by atoms with Gasteiger partial charge in [0.1, 0.15) is 18.2 Å². The Kier molecular flexibility index (Phi) is 11.0. The fourth-order valence-electron chi connectivity index (χ4n) is 2.67. The number of aliphatic hydroxyl groups excluding tert-OH is 1. The highest BCUT2D eigenvalue weighted by Crippen LogP contribution is 2.13. The van der Waals surface area contributed by atoms with Crippen LogP contribution in [0.1, 0.15) is 44.9 Å². The van der Waals surface area contributed by atoms with E-state index in [0.29, 0.717) is 44.5 Å². The molecule has 9 heteroatoms. The second-order valence-electron chi connectivity index (χ2n) is 6.78. The summed E-state index contributed by atoms with van der Waals surface area (Å²) < 4.78 is 43.4. The van der Waals surface area contributed by atoms with Crippen molar-refractivity contribution < 1.29 is 32.6 Å². The molecular formula is C19H30FNO6S. The molecule has 0 amide bonds. The normalized spacial score (nSPS) is 12.9. The number of benzene rings is 1. The van der Waals surface area contributed by atoms with Crippen molar-refractivity contribution in [1.29, 1.82) is 0 Å². The summed E-state index contributed by atoms with van der Waals surface area (Å²) >= 11 is 0. The third-order valence-corrected chi connectivity index (χ3v) is 5.52. The van der Waals surface area contributed by atoms with E-state index in [9.17, 15) is 22.7 Å². The number of rotatable bonds is 15. The van der Waals surface area contributed by atoms with E-state index in [1.165, 1.54) is 28.6 Å². The summed E-state index contributed by atoms with van der Waals surface area (Å²) in [6.07, 6.45) is 4.20. The van der Waals surface area contributed by atoms with Gasteiger partial charge in [-0.3, -0.25) is 4.79 Å². The Morgan fingerprint density at radius 2 is 1.71 bits per heavy atom. The quantitative estimate of drug-likeness (QED) is 0.424. The summed E-state index contributed by atoms with van der Waals surface area (Å²) in [5.74, 6) is -0.725. The number of hydrogen-bond donors (Lipinski definition) is 2. The average Bonchev–Trinajstić information content (AvgIpc) is 2.61. The highest BCUT2D eigenvalue weighted by atomic mass is 32.2. The predicted octanol–water partition coefficient (Wildman–Crippen LogP) is 2.64. The molecule has 1 aromatic rings. The third-order valence-electron chi connectivity index (χ3n) is 4.22. The van der Waals surface area contributed by atoms with E-state index in [1.807, 2.05) is 0 Å². The largest absolute Gasteiger partial charge is 0.491 e. The highest BCUT2D eigenvalue weighted by molar-refractivity contribution is 7.88. The Bertz CT molecular complexity index is 680. The van der Waals surface area contributed by atoms with Crippen molar-refractivity contribution in [3.05, 3.63) is 30.1 Å². The zero-order valence-corrected chi connectivity index (χ0v) is 17.0. The van der Waals surface area contributed by atoms with Gasteiger partial charge in [-0.05, 0) is 49.9 Å². The minimum absolute atomic E-state index is 0.0497. The van der Waals surface area contributed by atoms with Crippen LogP contribution in [-0.4, -0.2) is 61.0 Å². The molecule has 1 unspecified atom stereocenters. The van der Waals surface area contributed by atoms with Gasteiger partial charge in [0, 0.05) is 19.5 Å². The lowest BCUT2D eigenvalue weighted by Gasteiger charge is -2.20. The minimum atomic E-state index is -3.34. The lowest BCUT2D eigenvalue weighted by atomic mass is 10.1. The van der Waals surface area contributed by atoms with Crippen LogP contribution in [0.4, 0.5) is 4.39 Å². The second-order valence-corrected chi connectivity index (χ2v) is 8.76. The first-order chi connectivity index (χ1) is 13.2. The molecular weight excluding hydrogens is 389 g/mol. The molecule has 0 aliphatic rings. The van der Waals surface area contributed by atoms with E-state index in [1.54, 1.807) is 0 Å². The number of halogens is 1. The molecule has 0 aliphatic heterocycles. The Morgan fingerprint density at radius 3 is 2.32 bits per heavy atom. The number of sulfonamides is 1. The smallest absolute Gasteiger partial charge is 0.303 e. The van der Waals surface area contributed by atoms with E-state index in [4.69, 9.17) is 9.84 Å². The van der Waals surface area contributed by atoms with Crippen LogP contribution in [0.2, 0.25) is 0 Å². The number of hydrogen-bond acceptors (Lipinski definition) is 5. The number of carboxylic acids is 1. The van der Waals surface area contributed by atoms with Gasteiger partial charge in [0.15, 0.2) is 0 Å². The van der Waals surface area contributed by atoms with Crippen molar-refractivity contribution in [2.24, 2.45) is 0 Å². The van der Waals surface area contributed by atoms with Crippen LogP contribution in [0.3, 0.4) is 0 Å². The van der Waals surface area contributed by atoms with E-state index in [2.05, 4.69) is 0 Å². The van der Waals surface area contributed by atoms with Crippen molar-refractivity contribution in [2.45, 2.75) is 51.0 Å². The van der Waals surface area contributed by atoms with Crippen LogP contribution in [-0.2, 0) is 14.8 Å². The molecule has 0 aliphatic carbocycles. The van der Waals surface area contributed by atoms with Crippen molar-refractivity contribution in [1.82, 2.24) is 4.31 Å². The number of nitrogens with zero attached hydrogens (tertiary/aromatic N) is 1. The number of aliphatic hydroxyl groups is 1. The van der Waals surface area contributed by atoms with Gasteiger partial charge in [0.2, 0.25) is 10.0 Å². The van der Waals surface area contributed by atoms with Gasteiger partial charge in [0.05, 0.1) is 12.4 Å². The molecule has 0 bridgehead atoms. The summed E-state index contributed by atoms with van der Waals surface area (Å²) in [5, 5.41) is 18.6. The molecule has 0 heterocycles. The van der Waals surface area contributed by atoms with Crippen LogP contribution in [0.5, 0.6) is 5.75 Å². The SMILES string of the molecule is CS(=O)(=O)N(CCCCCCC(=O)O)CCCC(O)COc1ccc(F)cc1. The monoisotopic (exact) mass is 419 g/mol. The zero-order chi connectivity index (χ0) is 21.0. The number of carboxylic acid groups (broad SMARTS) is 1. The first-order valence-electron chi connectivity index (χ1n) is 9.42. The number of carbonyl (C=O) groups is 1. The molecule has 1 rings (SSSR count). The number of ether oxygens (including phenoxy) is 1. The van der Waals surface area contributed by atoms with Crippen LogP contribution in [0, 0.1) is 5.82 Å². The summed E-state index contributed by atoms with van der Waals surface area (Å²) in [6, 6.07) is 5.49. The van der Waals surface area contributed by atoms with Gasteiger partial charge in [-0.1, -0.05) is 12.8 Å². The first-order valence-corrected chi connectivity index (χ1v) is 11.3. The maximum Gasteiger partial charge on any atom is 0.303 e. The maximum absolute atomic E-state index is 12.8. The lowest BCUT2D eigenvalue weighted by molar-refractivity contribution is -0.137. The van der Waals surface area contributed by atoms with E-state index in [-0.39, 0.29) is 18.8 Å². The number of aliphatic carboxylic acids is 1. The molecule has 1 atom stereocenters. The maximum atomic E-state index is 12.8. The van der Waals surface area contributed by atoms with E-state index in [0.717, 1.165) is 19.1 Å². The lowest BCUT2D eigenvalue weighted by Crippen LogP contribution is -2.32. The standard InChI is InChI=1S/C19H30FNO6S/c1-28(25,26)21(13-5-3-2-4-8-19(23)24)14-6-7-17(22)15-27-18-11-9-16(20)10-12-18/h9-12,17,22H,2-8,13-15H2,1H3,(H,23,24). The molecule has 0 spiro atoms. The Labute approximate surface area is 166 Å². The molecule has 0 fully saturated rings. The zero-order valence-electron chi connectivity index (χ0n) is 16.2. The first kappa shape index (κ1) is 24.3. The molecule has 28 heavy (non-hydrogen) atoms. The van der Waals surface area contributed by atoms with Crippen LogP contribution >= 0.6 is 0 Å². The van der Waals surface area contributed by atoms with Crippen LogP contribution < -0.4 is 4.74 Å².